The molecule has 0 aliphatic rings. The van der Waals surface area contributed by atoms with E-state index in [1.54, 1.807) is 45.0 Å². The fraction of sp³-hybridized carbons (Fsp3) is 0.235. The van der Waals surface area contributed by atoms with Crippen LogP contribution in [0.2, 0.25) is 0 Å². The van der Waals surface area contributed by atoms with Crippen molar-refractivity contribution in [3.8, 4) is 11.5 Å². The number of benzene rings is 2. The van der Waals surface area contributed by atoms with E-state index in [0.29, 0.717) is 16.3 Å². The Morgan fingerprint density at radius 2 is 1.82 bits per heavy atom. The number of ether oxygens (including phenoxy) is 1. The molecule has 0 saturated carbocycles. The molecule has 116 valence electrons. The summed E-state index contributed by atoms with van der Waals surface area (Å²) in [6.45, 7) is 5.30. The maximum Gasteiger partial charge on any atom is 0.411 e. The first-order valence-electron chi connectivity index (χ1n) is 6.87. The first kappa shape index (κ1) is 15.7. The van der Waals surface area contributed by atoms with Crippen LogP contribution in [0.4, 0.5) is 4.79 Å². The minimum Gasteiger partial charge on any atom is -0.507 e. The molecule has 2 rings (SSSR count). The van der Waals surface area contributed by atoms with Crippen molar-refractivity contribution in [3.63, 3.8) is 0 Å². The van der Waals surface area contributed by atoms with E-state index in [0.717, 1.165) is 0 Å². The average Bonchev–Trinajstić information content (AvgIpc) is 2.42. The summed E-state index contributed by atoms with van der Waals surface area (Å²) < 4.78 is 5.09. The fourth-order valence-corrected chi connectivity index (χ4v) is 2.00. The number of phenolic OH excluding ortho intramolecular Hbond substituents is 2. The molecule has 0 aliphatic carbocycles. The Hall–Kier alpha value is -2.69. The molecule has 0 bridgehead atoms. The number of carbonyl (C=O) groups is 1. The molecule has 0 saturated heterocycles. The van der Waals surface area contributed by atoms with Gasteiger partial charge in [-0.15, -0.1) is 0 Å². The number of amides is 1. The van der Waals surface area contributed by atoms with E-state index in [9.17, 15) is 15.0 Å². The van der Waals surface area contributed by atoms with Gasteiger partial charge in [0.1, 0.15) is 17.1 Å². The smallest absolute Gasteiger partial charge is 0.411 e. The predicted octanol–water partition coefficient (Wildman–Crippen LogP) is 3.75. The van der Waals surface area contributed by atoms with Crippen molar-refractivity contribution in [3.05, 3.63) is 42.1 Å². The molecule has 0 spiro atoms. The summed E-state index contributed by atoms with van der Waals surface area (Å²) in [5, 5.41) is 23.8. The minimum absolute atomic E-state index is 0.0376. The number of carbonyl (C=O) groups excluding carboxylic acids is 1. The van der Waals surface area contributed by atoms with Crippen molar-refractivity contribution >= 4 is 22.9 Å². The number of fused-ring (bicyclic) bond motifs is 1. The number of aromatic hydroxyl groups is 2. The zero-order valence-electron chi connectivity index (χ0n) is 12.8. The summed E-state index contributed by atoms with van der Waals surface area (Å²) in [5.41, 5.74) is -0.186. The lowest BCUT2D eigenvalue weighted by molar-refractivity contribution is 0.0553. The third-order valence-electron chi connectivity index (χ3n) is 2.89. The number of alkyl carbamates (subject to hydrolysis) is 1. The summed E-state index contributed by atoms with van der Waals surface area (Å²) in [6.07, 6.45) is 2.26. The van der Waals surface area contributed by atoms with Gasteiger partial charge in [-0.3, -0.25) is 5.32 Å². The minimum atomic E-state index is -0.590. The monoisotopic (exact) mass is 301 g/mol. The molecule has 0 unspecified atom stereocenters. The van der Waals surface area contributed by atoms with Gasteiger partial charge in [0.15, 0.2) is 0 Å². The van der Waals surface area contributed by atoms with Gasteiger partial charge in [-0.2, -0.15) is 0 Å². The molecule has 5 nitrogen and oxygen atoms in total. The molecule has 2 aromatic rings. The van der Waals surface area contributed by atoms with Gasteiger partial charge < -0.3 is 14.9 Å². The Balaban J connectivity index is 2.20. The highest BCUT2D eigenvalue weighted by Gasteiger charge is 2.15. The topological polar surface area (TPSA) is 78.8 Å². The lowest BCUT2D eigenvalue weighted by Crippen LogP contribution is -2.29. The van der Waals surface area contributed by atoms with Gasteiger partial charge in [0.25, 0.3) is 0 Å². The van der Waals surface area contributed by atoms with Gasteiger partial charge in [0.05, 0.1) is 0 Å². The van der Waals surface area contributed by atoms with Gasteiger partial charge in [0.2, 0.25) is 0 Å². The SMILES string of the molecule is CC(C)(C)OC(=O)NC=Cc1cc(O)c2ccccc2c1O. The number of hydrogen-bond acceptors (Lipinski definition) is 4. The zero-order valence-corrected chi connectivity index (χ0v) is 12.8. The van der Waals surface area contributed by atoms with Crippen LogP contribution in [0.25, 0.3) is 16.8 Å². The summed E-state index contributed by atoms with van der Waals surface area (Å²) in [5.74, 6) is 0.0981. The number of phenols is 2. The van der Waals surface area contributed by atoms with Crippen LogP contribution in [-0.2, 0) is 4.74 Å². The summed E-state index contributed by atoms with van der Waals surface area (Å²) in [4.78, 5) is 11.5. The van der Waals surface area contributed by atoms with Gasteiger partial charge >= 0.3 is 6.09 Å². The number of hydrogen-bond donors (Lipinski definition) is 3. The Kier molecular flexibility index (Phi) is 4.26. The van der Waals surface area contributed by atoms with E-state index in [-0.39, 0.29) is 11.5 Å². The molecular formula is C17H19NO4. The van der Waals surface area contributed by atoms with E-state index >= 15 is 0 Å². The van der Waals surface area contributed by atoms with Crippen molar-refractivity contribution in [1.29, 1.82) is 0 Å². The lowest BCUT2D eigenvalue weighted by atomic mass is 10.0. The lowest BCUT2D eigenvalue weighted by Gasteiger charge is -2.18. The van der Waals surface area contributed by atoms with E-state index < -0.39 is 11.7 Å². The largest absolute Gasteiger partial charge is 0.507 e. The van der Waals surface area contributed by atoms with Gasteiger partial charge in [-0.1, -0.05) is 24.3 Å². The Bertz CT molecular complexity index is 729. The highest BCUT2D eigenvalue weighted by Crippen LogP contribution is 2.35. The quantitative estimate of drug-likeness (QED) is 0.738. The Morgan fingerprint density at radius 3 is 2.45 bits per heavy atom. The molecule has 0 aromatic heterocycles. The van der Waals surface area contributed by atoms with Crippen molar-refractivity contribution in [2.45, 2.75) is 26.4 Å². The van der Waals surface area contributed by atoms with E-state index in [1.165, 1.54) is 18.3 Å². The van der Waals surface area contributed by atoms with Gasteiger partial charge in [-0.05, 0) is 32.9 Å². The molecule has 3 N–H and O–H groups in total. The maximum absolute atomic E-state index is 11.5. The summed E-state index contributed by atoms with van der Waals surface area (Å²) in [6, 6.07) is 8.42. The van der Waals surface area contributed by atoms with Crippen LogP contribution < -0.4 is 5.32 Å². The third-order valence-corrected chi connectivity index (χ3v) is 2.89. The van der Waals surface area contributed by atoms with Crippen LogP contribution in [0.3, 0.4) is 0 Å². The second kappa shape index (κ2) is 5.97. The highest BCUT2D eigenvalue weighted by atomic mass is 16.6. The zero-order chi connectivity index (χ0) is 16.3. The Labute approximate surface area is 128 Å². The Morgan fingerprint density at radius 1 is 1.18 bits per heavy atom. The molecule has 2 aromatic carbocycles. The first-order valence-corrected chi connectivity index (χ1v) is 6.87. The molecule has 0 aliphatic heterocycles. The summed E-state index contributed by atoms with van der Waals surface area (Å²) in [7, 11) is 0. The number of nitrogens with one attached hydrogen (secondary N) is 1. The maximum atomic E-state index is 11.5. The normalized spacial score (nSPS) is 11.8. The van der Waals surface area contributed by atoms with Crippen LogP contribution in [0, 0.1) is 0 Å². The molecule has 0 fully saturated rings. The predicted molar refractivity (Wildman–Crippen MR) is 85.7 cm³/mol. The van der Waals surface area contributed by atoms with Crippen molar-refractivity contribution in [2.75, 3.05) is 0 Å². The standard InChI is InChI=1S/C17H19NO4/c1-17(2,3)22-16(21)18-9-8-11-10-14(19)12-6-4-5-7-13(12)15(11)20/h4-10,19-20H,1-3H3,(H,18,21). The highest BCUT2D eigenvalue weighted by molar-refractivity contribution is 5.95. The molecular weight excluding hydrogens is 282 g/mol. The van der Waals surface area contributed by atoms with E-state index in [2.05, 4.69) is 5.32 Å². The van der Waals surface area contributed by atoms with Crippen LogP contribution in [0.15, 0.2) is 36.5 Å². The summed E-state index contributed by atoms with van der Waals surface area (Å²) >= 11 is 0. The fourth-order valence-electron chi connectivity index (χ4n) is 2.00. The molecule has 22 heavy (non-hydrogen) atoms. The molecule has 1 amide bonds. The van der Waals surface area contributed by atoms with Crippen molar-refractivity contribution in [1.82, 2.24) is 5.32 Å². The second-order valence-corrected chi connectivity index (χ2v) is 5.86. The third kappa shape index (κ3) is 3.69. The van der Waals surface area contributed by atoms with E-state index in [4.69, 9.17) is 4.74 Å². The second-order valence-electron chi connectivity index (χ2n) is 5.86. The van der Waals surface area contributed by atoms with Crippen molar-refractivity contribution < 1.29 is 19.7 Å². The van der Waals surface area contributed by atoms with Crippen molar-refractivity contribution in [2.24, 2.45) is 0 Å². The van der Waals surface area contributed by atoms with Gasteiger partial charge in [0, 0.05) is 22.5 Å². The average molecular weight is 301 g/mol. The van der Waals surface area contributed by atoms with E-state index in [1.807, 2.05) is 0 Å². The molecule has 0 heterocycles. The van der Waals surface area contributed by atoms with Crippen LogP contribution in [0.5, 0.6) is 11.5 Å². The van der Waals surface area contributed by atoms with Crippen LogP contribution >= 0.6 is 0 Å². The first-order chi connectivity index (χ1) is 10.3. The molecule has 5 heteroatoms. The number of rotatable bonds is 2. The van der Waals surface area contributed by atoms with Gasteiger partial charge in [-0.25, -0.2) is 4.79 Å². The van der Waals surface area contributed by atoms with Crippen LogP contribution in [0.1, 0.15) is 26.3 Å². The molecule has 0 atom stereocenters. The molecule has 0 radical (unpaired) electrons. The van der Waals surface area contributed by atoms with Crippen LogP contribution in [-0.4, -0.2) is 21.9 Å².